The van der Waals surface area contributed by atoms with Gasteiger partial charge in [-0.15, -0.1) is 0 Å². The summed E-state index contributed by atoms with van der Waals surface area (Å²) in [6.07, 6.45) is 0.898. The van der Waals surface area contributed by atoms with Crippen LogP contribution in [0.4, 0.5) is 5.69 Å². The molecule has 1 heterocycles. The van der Waals surface area contributed by atoms with E-state index in [0.717, 1.165) is 18.5 Å². The smallest absolute Gasteiger partial charge is 0.298 e. The van der Waals surface area contributed by atoms with E-state index in [1.807, 2.05) is 6.07 Å². The standard InChI is InChI=1S/C11H15NO3S/c1-8-6-9-4-3-5-10(11(9)12-7-8)16(13,14)15-2/h3-5,8,12H,6-7H2,1-2H3. The molecule has 0 spiro atoms. The molecule has 16 heavy (non-hydrogen) atoms. The Morgan fingerprint density at radius 2 is 2.19 bits per heavy atom. The quantitative estimate of drug-likeness (QED) is 0.799. The molecule has 2 rings (SSSR count). The van der Waals surface area contributed by atoms with Gasteiger partial charge in [-0.2, -0.15) is 8.42 Å². The van der Waals surface area contributed by atoms with Gasteiger partial charge >= 0.3 is 0 Å². The van der Waals surface area contributed by atoms with E-state index in [0.29, 0.717) is 11.6 Å². The van der Waals surface area contributed by atoms with Gasteiger partial charge in [0.1, 0.15) is 4.90 Å². The summed E-state index contributed by atoms with van der Waals surface area (Å²) in [6.45, 7) is 2.93. The minimum atomic E-state index is -3.62. The van der Waals surface area contributed by atoms with E-state index in [4.69, 9.17) is 0 Å². The van der Waals surface area contributed by atoms with E-state index in [1.165, 1.54) is 7.11 Å². The minimum absolute atomic E-state index is 0.236. The lowest BCUT2D eigenvalue weighted by atomic mass is 9.96. The Hall–Kier alpha value is -1.07. The summed E-state index contributed by atoms with van der Waals surface area (Å²) in [5.74, 6) is 0.521. The number of anilines is 1. The van der Waals surface area contributed by atoms with Gasteiger partial charge in [0, 0.05) is 6.54 Å². The molecule has 1 atom stereocenters. The summed E-state index contributed by atoms with van der Waals surface area (Å²) >= 11 is 0. The van der Waals surface area contributed by atoms with Crippen LogP contribution in [-0.2, 0) is 20.7 Å². The maximum atomic E-state index is 11.7. The number of benzene rings is 1. The highest BCUT2D eigenvalue weighted by atomic mass is 32.2. The number of fused-ring (bicyclic) bond motifs is 1. The summed E-state index contributed by atoms with van der Waals surface area (Å²) < 4.78 is 27.9. The third-order valence-electron chi connectivity index (χ3n) is 2.80. The molecule has 0 aliphatic carbocycles. The first kappa shape index (κ1) is 11.4. The number of hydrogen-bond donors (Lipinski definition) is 1. The van der Waals surface area contributed by atoms with Gasteiger partial charge < -0.3 is 5.32 Å². The maximum Gasteiger partial charge on any atom is 0.298 e. The van der Waals surface area contributed by atoms with Crippen molar-refractivity contribution >= 4 is 15.8 Å². The van der Waals surface area contributed by atoms with Gasteiger partial charge in [0.2, 0.25) is 0 Å². The Labute approximate surface area is 95.7 Å². The van der Waals surface area contributed by atoms with Crippen LogP contribution in [0.25, 0.3) is 0 Å². The summed E-state index contributed by atoms with van der Waals surface area (Å²) in [5, 5.41) is 3.16. The average Bonchev–Trinajstić information content (AvgIpc) is 2.27. The van der Waals surface area contributed by atoms with Gasteiger partial charge in [-0.3, -0.25) is 4.18 Å². The highest BCUT2D eigenvalue weighted by molar-refractivity contribution is 7.87. The molecule has 1 aromatic rings. The second-order valence-corrected chi connectivity index (χ2v) is 5.78. The van der Waals surface area contributed by atoms with E-state index in [1.54, 1.807) is 12.1 Å². The Balaban J connectivity index is 2.54. The lowest BCUT2D eigenvalue weighted by Gasteiger charge is -2.25. The number of para-hydroxylation sites is 1. The predicted octanol–water partition coefficient (Wildman–Crippen LogP) is 1.63. The van der Waals surface area contributed by atoms with Crippen LogP contribution in [0.1, 0.15) is 12.5 Å². The molecule has 0 radical (unpaired) electrons. The lowest BCUT2D eigenvalue weighted by molar-refractivity contribution is 0.397. The van der Waals surface area contributed by atoms with Crippen LogP contribution in [0.5, 0.6) is 0 Å². The van der Waals surface area contributed by atoms with Gasteiger partial charge in [0.05, 0.1) is 12.8 Å². The van der Waals surface area contributed by atoms with Gasteiger partial charge in [-0.05, 0) is 24.0 Å². The molecule has 1 N–H and O–H groups in total. The molecule has 1 aliphatic heterocycles. The van der Waals surface area contributed by atoms with E-state index < -0.39 is 10.1 Å². The SMILES string of the molecule is COS(=O)(=O)c1cccc2c1NCC(C)C2. The predicted molar refractivity (Wildman–Crippen MR) is 62.0 cm³/mol. The van der Waals surface area contributed by atoms with Crippen molar-refractivity contribution in [1.82, 2.24) is 0 Å². The fraction of sp³-hybridized carbons (Fsp3) is 0.455. The molecule has 4 nitrogen and oxygen atoms in total. The highest BCUT2D eigenvalue weighted by Gasteiger charge is 2.23. The fourth-order valence-electron chi connectivity index (χ4n) is 1.97. The van der Waals surface area contributed by atoms with Gasteiger partial charge in [-0.1, -0.05) is 19.1 Å². The van der Waals surface area contributed by atoms with Crippen molar-refractivity contribution in [2.45, 2.75) is 18.2 Å². The van der Waals surface area contributed by atoms with Gasteiger partial charge in [0.15, 0.2) is 0 Å². The average molecular weight is 241 g/mol. The van der Waals surface area contributed by atoms with Crippen molar-refractivity contribution in [1.29, 1.82) is 0 Å². The van der Waals surface area contributed by atoms with Crippen LogP contribution in [0.15, 0.2) is 23.1 Å². The molecular weight excluding hydrogens is 226 g/mol. The fourth-order valence-corrected chi connectivity index (χ4v) is 2.85. The normalized spacial score (nSPS) is 20.0. The van der Waals surface area contributed by atoms with Crippen LogP contribution in [0.2, 0.25) is 0 Å². The Morgan fingerprint density at radius 3 is 2.88 bits per heavy atom. The van der Waals surface area contributed by atoms with Gasteiger partial charge in [-0.25, -0.2) is 0 Å². The topological polar surface area (TPSA) is 55.4 Å². The number of nitrogens with one attached hydrogen (secondary N) is 1. The van der Waals surface area contributed by atoms with Crippen LogP contribution < -0.4 is 5.32 Å². The molecule has 0 saturated heterocycles. The minimum Gasteiger partial charge on any atom is -0.383 e. The van der Waals surface area contributed by atoms with Crippen LogP contribution in [-0.4, -0.2) is 22.1 Å². The molecule has 0 bridgehead atoms. The molecule has 1 aromatic carbocycles. The Morgan fingerprint density at radius 1 is 1.44 bits per heavy atom. The molecule has 0 aromatic heterocycles. The third-order valence-corrected chi connectivity index (χ3v) is 4.11. The summed E-state index contributed by atoms with van der Waals surface area (Å²) in [4.78, 5) is 0.236. The maximum absolute atomic E-state index is 11.7. The second kappa shape index (κ2) is 4.07. The first-order valence-electron chi connectivity index (χ1n) is 5.21. The molecule has 1 aliphatic rings. The molecular formula is C11H15NO3S. The van der Waals surface area contributed by atoms with Crippen LogP contribution in [0.3, 0.4) is 0 Å². The number of rotatable bonds is 2. The summed E-state index contributed by atoms with van der Waals surface area (Å²) in [5.41, 5.74) is 1.74. The summed E-state index contributed by atoms with van der Waals surface area (Å²) in [7, 11) is -2.44. The highest BCUT2D eigenvalue weighted by Crippen LogP contribution is 2.31. The van der Waals surface area contributed by atoms with E-state index in [9.17, 15) is 8.42 Å². The zero-order valence-electron chi connectivity index (χ0n) is 9.36. The number of hydrogen-bond acceptors (Lipinski definition) is 4. The van der Waals surface area contributed by atoms with Crippen molar-refractivity contribution < 1.29 is 12.6 Å². The Kier molecular flexibility index (Phi) is 2.90. The van der Waals surface area contributed by atoms with Crippen molar-refractivity contribution in [3.63, 3.8) is 0 Å². The Bertz CT molecular complexity index is 496. The largest absolute Gasteiger partial charge is 0.383 e. The zero-order valence-corrected chi connectivity index (χ0v) is 10.2. The van der Waals surface area contributed by atoms with Crippen LogP contribution >= 0.6 is 0 Å². The molecule has 1 unspecified atom stereocenters. The van der Waals surface area contributed by atoms with Crippen molar-refractivity contribution in [3.8, 4) is 0 Å². The molecule has 0 saturated carbocycles. The third kappa shape index (κ3) is 1.92. The molecule has 0 amide bonds. The lowest BCUT2D eigenvalue weighted by Crippen LogP contribution is -2.22. The zero-order chi connectivity index (χ0) is 11.8. The first-order chi connectivity index (χ1) is 7.54. The van der Waals surface area contributed by atoms with E-state index >= 15 is 0 Å². The molecule has 88 valence electrons. The second-order valence-electron chi connectivity index (χ2n) is 4.10. The van der Waals surface area contributed by atoms with Crippen molar-refractivity contribution in [2.75, 3.05) is 19.0 Å². The molecule has 0 fully saturated rings. The van der Waals surface area contributed by atoms with Gasteiger partial charge in [0.25, 0.3) is 10.1 Å². The van der Waals surface area contributed by atoms with Crippen molar-refractivity contribution in [3.05, 3.63) is 23.8 Å². The molecule has 5 heteroatoms. The van der Waals surface area contributed by atoms with Crippen molar-refractivity contribution in [2.24, 2.45) is 5.92 Å². The van der Waals surface area contributed by atoms with E-state index in [2.05, 4.69) is 16.4 Å². The first-order valence-corrected chi connectivity index (χ1v) is 6.62. The summed E-state index contributed by atoms with van der Waals surface area (Å²) in [6, 6.07) is 5.28. The monoisotopic (exact) mass is 241 g/mol. The van der Waals surface area contributed by atoms with Crippen LogP contribution in [0, 0.1) is 5.92 Å². The van der Waals surface area contributed by atoms with E-state index in [-0.39, 0.29) is 4.90 Å².